The zero-order valence-electron chi connectivity index (χ0n) is 11.9. The molecule has 5 heteroatoms. The molecule has 1 fully saturated rings. The molecule has 2 N–H and O–H groups in total. The van der Waals surface area contributed by atoms with Crippen molar-refractivity contribution in [2.24, 2.45) is 0 Å². The largest absolute Gasteiger partial charge is 0.465 e. The summed E-state index contributed by atoms with van der Waals surface area (Å²) in [5.74, 6) is -0.454. The minimum absolute atomic E-state index is 0.0421. The first kappa shape index (κ1) is 14.5. The first-order chi connectivity index (χ1) is 9.61. The summed E-state index contributed by atoms with van der Waals surface area (Å²) in [5.41, 5.74) is 0.552. The summed E-state index contributed by atoms with van der Waals surface area (Å²) < 4.78 is 4.67. The number of hydrogen-bond donors (Lipinski definition) is 2. The predicted molar refractivity (Wildman–Crippen MR) is 76.7 cm³/mol. The van der Waals surface area contributed by atoms with Gasteiger partial charge >= 0.3 is 5.97 Å². The third-order valence-electron chi connectivity index (χ3n) is 3.82. The van der Waals surface area contributed by atoms with Gasteiger partial charge in [0.25, 0.3) is 0 Å². The van der Waals surface area contributed by atoms with E-state index in [1.165, 1.54) is 7.11 Å². The van der Waals surface area contributed by atoms with Crippen LogP contribution in [0.2, 0.25) is 0 Å². The molecule has 1 heterocycles. The third-order valence-corrected chi connectivity index (χ3v) is 3.82. The number of benzene rings is 1. The monoisotopic (exact) mass is 276 g/mol. The SMILES string of the molecule is CCC1(C(=O)Nc2cccc(C(=O)OC)c2)CCCN1. The van der Waals surface area contributed by atoms with Crippen LogP contribution in [0.3, 0.4) is 0 Å². The van der Waals surface area contributed by atoms with E-state index < -0.39 is 11.5 Å². The fourth-order valence-electron chi connectivity index (χ4n) is 2.55. The average Bonchev–Trinajstić information content (AvgIpc) is 2.97. The van der Waals surface area contributed by atoms with Crippen molar-refractivity contribution in [3.63, 3.8) is 0 Å². The Morgan fingerprint density at radius 3 is 2.85 bits per heavy atom. The number of rotatable bonds is 4. The highest BCUT2D eigenvalue weighted by Crippen LogP contribution is 2.25. The number of esters is 1. The van der Waals surface area contributed by atoms with E-state index in [9.17, 15) is 9.59 Å². The number of methoxy groups -OCH3 is 1. The lowest BCUT2D eigenvalue weighted by Crippen LogP contribution is -2.50. The van der Waals surface area contributed by atoms with Crippen molar-refractivity contribution in [3.05, 3.63) is 29.8 Å². The van der Waals surface area contributed by atoms with E-state index in [1.807, 2.05) is 6.92 Å². The molecule has 1 aliphatic rings. The minimum Gasteiger partial charge on any atom is -0.465 e. The van der Waals surface area contributed by atoms with Crippen molar-refractivity contribution in [2.75, 3.05) is 19.0 Å². The van der Waals surface area contributed by atoms with Crippen LogP contribution < -0.4 is 10.6 Å². The van der Waals surface area contributed by atoms with E-state index in [-0.39, 0.29) is 5.91 Å². The smallest absolute Gasteiger partial charge is 0.337 e. The van der Waals surface area contributed by atoms with Gasteiger partial charge in [-0.25, -0.2) is 4.79 Å². The Morgan fingerprint density at radius 1 is 1.45 bits per heavy atom. The topological polar surface area (TPSA) is 67.4 Å². The molecule has 0 aliphatic carbocycles. The number of anilines is 1. The van der Waals surface area contributed by atoms with Gasteiger partial charge in [-0.15, -0.1) is 0 Å². The van der Waals surface area contributed by atoms with Crippen molar-refractivity contribution < 1.29 is 14.3 Å². The third kappa shape index (κ3) is 2.82. The summed E-state index contributed by atoms with van der Waals surface area (Å²) in [6.45, 7) is 2.87. The second kappa shape index (κ2) is 6.05. The van der Waals surface area contributed by atoms with Crippen LogP contribution in [0, 0.1) is 0 Å². The Bertz CT molecular complexity index is 508. The first-order valence-electron chi connectivity index (χ1n) is 6.86. The standard InChI is InChI=1S/C15H20N2O3/c1-3-15(8-5-9-16-15)14(19)17-12-7-4-6-11(10-12)13(18)20-2/h4,6-7,10,16H,3,5,8-9H2,1-2H3,(H,17,19). The molecule has 20 heavy (non-hydrogen) atoms. The van der Waals surface area contributed by atoms with E-state index in [1.54, 1.807) is 24.3 Å². The van der Waals surface area contributed by atoms with Crippen LogP contribution >= 0.6 is 0 Å². The van der Waals surface area contributed by atoms with Crippen molar-refractivity contribution >= 4 is 17.6 Å². The fraction of sp³-hybridized carbons (Fsp3) is 0.467. The maximum Gasteiger partial charge on any atom is 0.337 e. The molecular weight excluding hydrogens is 256 g/mol. The number of carbonyl (C=O) groups excluding carboxylic acids is 2. The van der Waals surface area contributed by atoms with E-state index in [0.29, 0.717) is 11.3 Å². The highest BCUT2D eigenvalue weighted by molar-refractivity contribution is 5.99. The van der Waals surface area contributed by atoms with Crippen LogP contribution in [0.25, 0.3) is 0 Å². The van der Waals surface area contributed by atoms with Gasteiger partial charge in [0.05, 0.1) is 18.2 Å². The summed E-state index contributed by atoms with van der Waals surface area (Å²) >= 11 is 0. The molecule has 1 aliphatic heterocycles. The van der Waals surface area contributed by atoms with Crippen LogP contribution in [0.1, 0.15) is 36.5 Å². The average molecular weight is 276 g/mol. The van der Waals surface area contributed by atoms with Crippen LogP contribution in [0.4, 0.5) is 5.69 Å². The van der Waals surface area contributed by atoms with Crippen LogP contribution in [-0.2, 0) is 9.53 Å². The predicted octanol–water partition coefficient (Wildman–Crippen LogP) is 1.94. The quantitative estimate of drug-likeness (QED) is 0.825. The van der Waals surface area contributed by atoms with Crippen molar-refractivity contribution in [1.82, 2.24) is 5.32 Å². The highest BCUT2D eigenvalue weighted by atomic mass is 16.5. The summed E-state index contributed by atoms with van der Waals surface area (Å²) in [6, 6.07) is 6.78. The van der Waals surface area contributed by atoms with Crippen molar-refractivity contribution in [2.45, 2.75) is 31.7 Å². The number of hydrogen-bond acceptors (Lipinski definition) is 4. The maximum absolute atomic E-state index is 12.4. The van der Waals surface area contributed by atoms with Gasteiger partial charge in [0.1, 0.15) is 0 Å². The maximum atomic E-state index is 12.4. The van der Waals surface area contributed by atoms with Crippen molar-refractivity contribution in [1.29, 1.82) is 0 Å². The van der Waals surface area contributed by atoms with Gasteiger partial charge in [-0.05, 0) is 44.0 Å². The molecule has 1 aromatic rings. The molecule has 2 rings (SSSR count). The lowest BCUT2D eigenvalue weighted by atomic mass is 9.93. The van der Waals surface area contributed by atoms with E-state index >= 15 is 0 Å². The minimum atomic E-state index is -0.485. The zero-order valence-corrected chi connectivity index (χ0v) is 11.9. The normalized spacial score (nSPS) is 21.5. The lowest BCUT2D eigenvalue weighted by Gasteiger charge is -2.26. The van der Waals surface area contributed by atoms with E-state index in [4.69, 9.17) is 0 Å². The van der Waals surface area contributed by atoms with Gasteiger partial charge in [0.2, 0.25) is 5.91 Å². The van der Waals surface area contributed by atoms with Gasteiger partial charge in [-0.3, -0.25) is 4.79 Å². The summed E-state index contributed by atoms with van der Waals surface area (Å²) in [6.07, 6.45) is 2.59. The Hall–Kier alpha value is -1.88. The van der Waals surface area contributed by atoms with Crippen molar-refractivity contribution in [3.8, 4) is 0 Å². The Balaban J connectivity index is 2.13. The molecule has 1 unspecified atom stereocenters. The van der Waals surface area contributed by atoms with Gasteiger partial charge < -0.3 is 15.4 Å². The number of amides is 1. The Morgan fingerprint density at radius 2 is 2.25 bits per heavy atom. The zero-order chi connectivity index (χ0) is 14.6. The van der Waals surface area contributed by atoms with Crippen LogP contribution in [0.5, 0.6) is 0 Å². The van der Waals surface area contributed by atoms with Crippen LogP contribution in [-0.4, -0.2) is 31.1 Å². The van der Waals surface area contributed by atoms with E-state index in [2.05, 4.69) is 15.4 Å². The van der Waals surface area contributed by atoms with Gasteiger partial charge in [0.15, 0.2) is 0 Å². The first-order valence-corrected chi connectivity index (χ1v) is 6.86. The molecule has 0 bridgehead atoms. The van der Waals surface area contributed by atoms with E-state index in [0.717, 1.165) is 25.8 Å². The molecule has 0 saturated carbocycles. The summed E-state index contributed by atoms with van der Waals surface area (Å²) in [4.78, 5) is 23.9. The molecule has 0 spiro atoms. The molecule has 0 radical (unpaired) electrons. The second-order valence-corrected chi connectivity index (χ2v) is 4.99. The Labute approximate surface area is 118 Å². The highest BCUT2D eigenvalue weighted by Gasteiger charge is 2.39. The lowest BCUT2D eigenvalue weighted by molar-refractivity contribution is -0.122. The Kier molecular flexibility index (Phi) is 4.39. The number of carbonyl (C=O) groups is 2. The molecule has 1 aromatic carbocycles. The van der Waals surface area contributed by atoms with Gasteiger partial charge in [-0.1, -0.05) is 13.0 Å². The molecule has 108 valence electrons. The molecule has 1 saturated heterocycles. The summed E-state index contributed by atoms with van der Waals surface area (Å²) in [5, 5.41) is 6.17. The van der Waals surface area contributed by atoms with Gasteiger partial charge in [-0.2, -0.15) is 0 Å². The number of nitrogens with one attached hydrogen (secondary N) is 2. The summed E-state index contributed by atoms with van der Waals surface area (Å²) in [7, 11) is 1.34. The number of ether oxygens (including phenoxy) is 1. The van der Waals surface area contributed by atoms with Crippen LogP contribution in [0.15, 0.2) is 24.3 Å². The molecule has 5 nitrogen and oxygen atoms in total. The molecular formula is C15H20N2O3. The van der Waals surface area contributed by atoms with Gasteiger partial charge in [0, 0.05) is 5.69 Å². The second-order valence-electron chi connectivity index (χ2n) is 4.99. The molecule has 1 atom stereocenters. The molecule has 0 aromatic heterocycles. The molecule has 1 amide bonds. The fourth-order valence-corrected chi connectivity index (χ4v) is 2.55.